The third-order valence-corrected chi connectivity index (χ3v) is 2.59. The van der Waals surface area contributed by atoms with Crippen molar-refractivity contribution in [2.75, 3.05) is 13.7 Å². The molecule has 1 N–H and O–H groups in total. The van der Waals surface area contributed by atoms with E-state index in [0.717, 1.165) is 7.11 Å². The van der Waals surface area contributed by atoms with Gasteiger partial charge >= 0.3 is 11.1 Å². The van der Waals surface area contributed by atoms with Gasteiger partial charge in [-0.05, 0) is 13.8 Å². The third-order valence-electron chi connectivity index (χ3n) is 2.21. The van der Waals surface area contributed by atoms with E-state index >= 15 is 0 Å². The van der Waals surface area contributed by atoms with Gasteiger partial charge in [-0.1, -0.05) is 11.6 Å². The monoisotopic (exact) mass is 256 g/mol. The van der Waals surface area contributed by atoms with Crippen LogP contribution in [-0.4, -0.2) is 47.9 Å². The lowest BCUT2D eigenvalue weighted by Gasteiger charge is -2.26. The maximum atomic E-state index is 13.7. The van der Waals surface area contributed by atoms with E-state index in [9.17, 15) is 14.3 Å². The number of rotatable bonds is 3. The van der Waals surface area contributed by atoms with Crippen LogP contribution < -0.4 is 0 Å². The first-order chi connectivity index (χ1) is 7.20. The van der Waals surface area contributed by atoms with Crippen molar-refractivity contribution in [2.24, 2.45) is 0 Å². The van der Waals surface area contributed by atoms with E-state index in [2.05, 4.69) is 4.74 Å². The van der Waals surface area contributed by atoms with Gasteiger partial charge in [-0.2, -0.15) is 0 Å². The maximum absolute atomic E-state index is 13.7. The number of carbonyl (C=O) groups excluding carboxylic acids is 1. The molecule has 5 nitrogen and oxygen atoms in total. The smallest absolute Gasteiger partial charge is 0.362 e. The molecular formula is C9H14ClFO5. The van der Waals surface area contributed by atoms with E-state index in [-0.39, 0.29) is 6.61 Å². The first-order valence-corrected chi connectivity index (χ1v) is 5.04. The summed E-state index contributed by atoms with van der Waals surface area (Å²) in [7, 11) is 0.974. The summed E-state index contributed by atoms with van der Waals surface area (Å²) in [5, 5.41) is 6.56. The minimum Gasteiger partial charge on any atom is -0.466 e. The van der Waals surface area contributed by atoms with Gasteiger partial charge in [0.15, 0.2) is 5.79 Å². The molecule has 1 saturated heterocycles. The number of alkyl halides is 2. The zero-order valence-electron chi connectivity index (χ0n) is 9.20. The number of hydrogen-bond donors (Lipinski definition) is 1. The van der Waals surface area contributed by atoms with E-state index in [1.807, 2.05) is 0 Å². The van der Waals surface area contributed by atoms with Gasteiger partial charge in [0.25, 0.3) is 0 Å². The number of esters is 1. The molecule has 0 aromatic carbocycles. The highest BCUT2D eigenvalue weighted by molar-refractivity contribution is 6.33. The molecule has 16 heavy (non-hydrogen) atoms. The molecule has 1 heterocycles. The second-order valence-electron chi connectivity index (χ2n) is 3.93. The molecule has 0 amide bonds. The lowest BCUT2D eigenvalue weighted by molar-refractivity contribution is -0.173. The Morgan fingerprint density at radius 2 is 2.31 bits per heavy atom. The Labute approximate surface area is 97.4 Å². The Morgan fingerprint density at radius 3 is 2.69 bits per heavy atom. The quantitative estimate of drug-likeness (QED) is 0.591. The fraction of sp³-hybridized carbons (Fsp3) is 0.889. The van der Waals surface area contributed by atoms with Gasteiger partial charge in [0.2, 0.25) is 0 Å². The summed E-state index contributed by atoms with van der Waals surface area (Å²) in [6.07, 6.45) is -2.88. The second kappa shape index (κ2) is 4.44. The fourth-order valence-corrected chi connectivity index (χ4v) is 1.58. The number of carbonyl (C=O) groups is 1. The Bertz CT molecular complexity index is 281. The first kappa shape index (κ1) is 13.6. The minimum atomic E-state index is -3.04. The molecule has 1 rings (SSSR count). The van der Waals surface area contributed by atoms with E-state index < -0.39 is 29.1 Å². The van der Waals surface area contributed by atoms with E-state index in [4.69, 9.17) is 21.1 Å². The average molecular weight is 257 g/mol. The van der Waals surface area contributed by atoms with E-state index in [0.29, 0.717) is 0 Å². The van der Waals surface area contributed by atoms with E-state index in [1.54, 1.807) is 13.8 Å². The average Bonchev–Trinajstić information content (AvgIpc) is 2.56. The summed E-state index contributed by atoms with van der Waals surface area (Å²) in [4.78, 5) is 11.0. The lowest BCUT2D eigenvalue weighted by atomic mass is 10.1. The van der Waals surface area contributed by atoms with Crippen LogP contribution in [0.1, 0.15) is 13.8 Å². The molecule has 0 spiro atoms. The minimum absolute atomic E-state index is 0.0520. The highest BCUT2D eigenvalue weighted by Crippen LogP contribution is 2.32. The highest BCUT2D eigenvalue weighted by Gasteiger charge is 2.52. The van der Waals surface area contributed by atoms with Gasteiger partial charge < -0.3 is 19.3 Å². The molecule has 0 bridgehead atoms. The lowest BCUT2D eigenvalue weighted by Crippen LogP contribution is -2.49. The van der Waals surface area contributed by atoms with Crippen molar-refractivity contribution in [1.29, 1.82) is 0 Å². The summed E-state index contributed by atoms with van der Waals surface area (Å²) in [5.41, 5.74) is 0. The molecule has 1 aliphatic rings. The van der Waals surface area contributed by atoms with Crippen LogP contribution in [0.5, 0.6) is 0 Å². The van der Waals surface area contributed by atoms with Crippen LogP contribution >= 0.6 is 11.6 Å². The number of halogens is 2. The van der Waals surface area contributed by atoms with Crippen LogP contribution in [0.2, 0.25) is 0 Å². The van der Waals surface area contributed by atoms with Gasteiger partial charge in [0.05, 0.1) is 13.7 Å². The summed E-state index contributed by atoms with van der Waals surface area (Å²) in [6.45, 7) is 3.15. The van der Waals surface area contributed by atoms with Crippen LogP contribution in [0.15, 0.2) is 0 Å². The van der Waals surface area contributed by atoms with Crippen LogP contribution in [0.25, 0.3) is 0 Å². The van der Waals surface area contributed by atoms with Crippen molar-refractivity contribution < 1.29 is 28.5 Å². The summed E-state index contributed by atoms with van der Waals surface area (Å²) in [6, 6.07) is 0. The standard InChI is InChI=1S/C9H14ClFO5/c1-8(2)15-4-5(16-8)6(12)9(10,11)7(13)14-3/h5-6,12H,4H2,1-3H3/t5-,6+,9+/m1/s1. The maximum Gasteiger partial charge on any atom is 0.362 e. The zero-order valence-corrected chi connectivity index (χ0v) is 9.95. The molecule has 3 atom stereocenters. The number of aliphatic hydroxyl groups is 1. The van der Waals surface area contributed by atoms with Crippen LogP contribution in [0.4, 0.5) is 4.39 Å². The molecule has 0 aliphatic carbocycles. The van der Waals surface area contributed by atoms with Gasteiger partial charge in [0.1, 0.15) is 12.2 Å². The number of ether oxygens (including phenoxy) is 3. The van der Waals surface area contributed by atoms with Gasteiger partial charge in [0, 0.05) is 0 Å². The van der Waals surface area contributed by atoms with Crippen LogP contribution in [-0.2, 0) is 19.0 Å². The topological polar surface area (TPSA) is 65.0 Å². The summed E-state index contributed by atoms with van der Waals surface area (Å²) < 4.78 is 28.1. The van der Waals surface area contributed by atoms with Crippen molar-refractivity contribution in [3.8, 4) is 0 Å². The molecule has 0 unspecified atom stereocenters. The second-order valence-corrected chi connectivity index (χ2v) is 4.48. The van der Waals surface area contributed by atoms with Crippen molar-refractivity contribution in [1.82, 2.24) is 0 Å². The van der Waals surface area contributed by atoms with Crippen LogP contribution in [0.3, 0.4) is 0 Å². The summed E-state index contributed by atoms with van der Waals surface area (Å²) in [5.74, 6) is -2.30. The van der Waals surface area contributed by atoms with Crippen molar-refractivity contribution in [2.45, 2.75) is 37.0 Å². The molecule has 0 saturated carbocycles. The largest absolute Gasteiger partial charge is 0.466 e. The number of aliphatic hydroxyl groups excluding tert-OH is 1. The molecule has 0 aromatic heterocycles. The molecular weight excluding hydrogens is 243 g/mol. The Balaban J connectivity index is 2.71. The molecule has 1 fully saturated rings. The first-order valence-electron chi connectivity index (χ1n) is 4.67. The van der Waals surface area contributed by atoms with Crippen molar-refractivity contribution in [3.63, 3.8) is 0 Å². The van der Waals surface area contributed by atoms with Crippen molar-refractivity contribution in [3.05, 3.63) is 0 Å². The third kappa shape index (κ3) is 2.63. The molecule has 94 valence electrons. The fourth-order valence-electron chi connectivity index (χ4n) is 1.36. The Hall–Kier alpha value is -0.430. The predicted molar refractivity (Wildman–Crippen MR) is 52.6 cm³/mol. The molecule has 0 aromatic rings. The SMILES string of the molecule is COC(=O)[C@](F)(Cl)[C@@H](O)[C@H]1COC(C)(C)O1. The summed E-state index contributed by atoms with van der Waals surface area (Å²) >= 11 is 5.28. The molecule has 0 radical (unpaired) electrons. The Kier molecular flexibility index (Phi) is 3.79. The van der Waals surface area contributed by atoms with E-state index in [1.165, 1.54) is 0 Å². The van der Waals surface area contributed by atoms with Gasteiger partial charge in [-0.25, -0.2) is 9.18 Å². The zero-order chi connectivity index (χ0) is 12.6. The van der Waals surface area contributed by atoms with Gasteiger partial charge in [-0.15, -0.1) is 0 Å². The van der Waals surface area contributed by atoms with Gasteiger partial charge in [-0.3, -0.25) is 0 Å². The number of methoxy groups -OCH3 is 1. The Morgan fingerprint density at radius 1 is 1.75 bits per heavy atom. The van der Waals surface area contributed by atoms with Crippen molar-refractivity contribution >= 4 is 17.6 Å². The normalized spacial score (nSPS) is 29.5. The van der Waals surface area contributed by atoms with Crippen LogP contribution in [0, 0.1) is 0 Å². The molecule has 1 aliphatic heterocycles. The predicted octanol–water partition coefficient (Wildman–Crippen LogP) is 0.576. The number of hydrogen-bond acceptors (Lipinski definition) is 5. The highest BCUT2D eigenvalue weighted by atomic mass is 35.5. The molecule has 7 heteroatoms.